The second-order valence-corrected chi connectivity index (χ2v) is 14.5. The van der Waals surface area contributed by atoms with E-state index in [1.165, 1.54) is 29.9 Å². The van der Waals surface area contributed by atoms with Crippen molar-refractivity contribution in [3.63, 3.8) is 0 Å². The van der Waals surface area contributed by atoms with Gasteiger partial charge in [-0.3, -0.25) is 28.5 Å². The van der Waals surface area contributed by atoms with Crippen molar-refractivity contribution in [2.24, 2.45) is 17.8 Å². The number of hydrogen-bond donors (Lipinski definition) is 2. The summed E-state index contributed by atoms with van der Waals surface area (Å²) in [5.74, 6) is -3.10. The number of carbonyl (C=O) groups is 3. The highest BCUT2D eigenvalue weighted by Gasteiger charge is 2.67. The quantitative estimate of drug-likeness (QED) is 0.0994. The fraction of sp³-hybridized carbons (Fsp3) is 0.515. The third kappa shape index (κ3) is 8.49. The fourth-order valence-corrected chi connectivity index (χ4v) is 6.64. The molecule has 3 N–H and O–H groups in total. The average molecular weight is 729 g/mol. The summed E-state index contributed by atoms with van der Waals surface area (Å²) >= 11 is 0. The highest BCUT2D eigenvalue weighted by atomic mass is 31.2. The Morgan fingerprint density at radius 1 is 1.06 bits per heavy atom. The van der Waals surface area contributed by atoms with E-state index < -0.39 is 74.2 Å². The molecule has 18 heteroatoms. The molecule has 0 unspecified atom stereocenters. The summed E-state index contributed by atoms with van der Waals surface area (Å²) in [5, 5.41) is 6.85. The van der Waals surface area contributed by atoms with Crippen molar-refractivity contribution in [2.75, 3.05) is 32.2 Å². The Morgan fingerprint density at radius 2 is 1.75 bits per heavy atom. The third-order valence-corrected chi connectivity index (χ3v) is 9.71. The Bertz CT molecular complexity index is 1810. The maximum Gasteiger partial charge on any atom is 0.459 e. The van der Waals surface area contributed by atoms with Crippen LogP contribution in [0.4, 0.5) is 5.82 Å². The van der Waals surface area contributed by atoms with Crippen molar-refractivity contribution in [3.8, 4) is 5.75 Å². The number of nitrogens with zero attached hydrogens (tertiary/aromatic N) is 4. The van der Waals surface area contributed by atoms with E-state index in [-0.39, 0.29) is 29.8 Å². The van der Waals surface area contributed by atoms with Crippen LogP contribution in [0.1, 0.15) is 46.4 Å². The number of nitrogens with one attached hydrogen (secondary N) is 1. The van der Waals surface area contributed by atoms with Crippen molar-refractivity contribution < 1.29 is 51.7 Å². The van der Waals surface area contributed by atoms with E-state index in [0.717, 1.165) is 0 Å². The fourth-order valence-electron chi connectivity index (χ4n) is 5.12. The number of rotatable bonds is 15. The molecule has 17 nitrogen and oxygen atoms in total. The van der Waals surface area contributed by atoms with Crippen molar-refractivity contribution in [1.82, 2.24) is 19.7 Å². The normalized spacial score (nSPS) is 23.6. The number of aromatic nitrogens is 3. The van der Waals surface area contributed by atoms with Gasteiger partial charge in [0.15, 0.2) is 18.5 Å². The zero-order valence-electron chi connectivity index (χ0n) is 28.8. The third-order valence-electron chi connectivity index (χ3n) is 8.09. The summed E-state index contributed by atoms with van der Waals surface area (Å²) in [6, 6.07) is 10.0. The number of nitrogen functional groups attached to an aromatic ring is 1. The molecule has 0 radical (unpaired) electrons. The maximum atomic E-state index is 14.5. The molecule has 6 atom stereocenters. The molecule has 0 spiro atoms. The molecule has 0 amide bonds. The lowest BCUT2D eigenvalue weighted by Gasteiger charge is -2.28. The molecule has 274 valence electrons. The van der Waals surface area contributed by atoms with E-state index in [4.69, 9.17) is 45.0 Å². The van der Waals surface area contributed by atoms with Crippen molar-refractivity contribution in [1.29, 1.82) is 0 Å². The van der Waals surface area contributed by atoms with Crippen molar-refractivity contribution in [3.05, 3.63) is 65.9 Å². The van der Waals surface area contributed by atoms with Gasteiger partial charge in [0.2, 0.25) is 6.10 Å². The maximum absolute atomic E-state index is 14.5. The molecule has 3 aromatic rings. The first-order valence-electron chi connectivity index (χ1n) is 16.3. The molecule has 5 rings (SSSR count). The van der Waals surface area contributed by atoms with Gasteiger partial charge in [-0.15, -0.1) is 0 Å². The van der Waals surface area contributed by atoms with Crippen LogP contribution in [0.2, 0.25) is 0 Å². The smallest absolute Gasteiger partial charge is 0.459 e. The molecular formula is C33H41N6O11P. The number of anilines is 1. The van der Waals surface area contributed by atoms with E-state index >= 15 is 0 Å². The minimum absolute atomic E-state index is 0.0552. The Morgan fingerprint density at radius 3 is 2.37 bits per heavy atom. The van der Waals surface area contributed by atoms with Gasteiger partial charge in [-0.25, -0.2) is 20.6 Å². The van der Waals surface area contributed by atoms with Crippen LogP contribution in [-0.4, -0.2) is 82.9 Å². The van der Waals surface area contributed by atoms with Crippen LogP contribution in [-0.2, 0) is 47.2 Å². The van der Waals surface area contributed by atoms with Crippen LogP contribution >= 0.6 is 7.75 Å². The van der Waals surface area contributed by atoms with Gasteiger partial charge in [0.1, 0.15) is 29.7 Å². The predicted molar refractivity (Wildman–Crippen MR) is 178 cm³/mol. The summed E-state index contributed by atoms with van der Waals surface area (Å²) in [6.45, 7) is 16.4. The van der Waals surface area contributed by atoms with Gasteiger partial charge >= 0.3 is 31.4 Å². The largest absolute Gasteiger partial charge is 0.464 e. The van der Waals surface area contributed by atoms with Crippen LogP contribution in [0.15, 0.2) is 48.8 Å². The van der Waals surface area contributed by atoms with Gasteiger partial charge in [0.25, 0.3) is 0 Å². The van der Waals surface area contributed by atoms with E-state index in [2.05, 4.69) is 20.0 Å². The summed E-state index contributed by atoms with van der Waals surface area (Å²) in [6.07, 6.45) is -3.09. The highest BCUT2D eigenvalue weighted by molar-refractivity contribution is 7.52. The van der Waals surface area contributed by atoms with Gasteiger partial charge in [0.05, 0.1) is 37.4 Å². The van der Waals surface area contributed by atoms with Gasteiger partial charge in [0, 0.05) is 5.92 Å². The molecule has 2 saturated heterocycles. The number of nitrogens with two attached hydrogens (primary N) is 1. The first-order chi connectivity index (χ1) is 24.3. The van der Waals surface area contributed by atoms with Crippen LogP contribution in [0.5, 0.6) is 5.75 Å². The van der Waals surface area contributed by atoms with E-state index in [9.17, 15) is 18.9 Å². The topological polar surface area (TPSA) is 205 Å². The number of benzene rings is 1. The number of para-hydroxylation sites is 1. The van der Waals surface area contributed by atoms with E-state index in [1.54, 1.807) is 58.0 Å². The first-order valence-corrected chi connectivity index (χ1v) is 17.9. The number of ether oxygens (including phenoxy) is 5. The standard InChI is InChI=1S/C33H41N6O11P/c1-19(2)30(40)47-27-26(24-12-13-25-29(34)36-18-37-39(24)25)49-33(35-6,28(27)48-31(41)20(3)4)17-46-51(43,50-23-10-8-7-9-11-23)38-21(5)32(42)45-16-22-14-44-15-22/h7-13,18-22,26-28H,14-17H2,1-5H3,(H,38,43)(H2,34,36,37)/t21-,26-,27-,28-,33+,51-/m0/s1. The van der Waals surface area contributed by atoms with Gasteiger partial charge in [-0.2, -0.15) is 10.2 Å². The van der Waals surface area contributed by atoms with E-state index in [0.29, 0.717) is 18.7 Å². The highest BCUT2D eigenvalue weighted by Crippen LogP contribution is 2.50. The average Bonchev–Trinajstić information content (AvgIpc) is 3.63. The first kappa shape index (κ1) is 37.7. The molecule has 2 aliphatic rings. The molecule has 2 fully saturated rings. The van der Waals surface area contributed by atoms with E-state index in [1.807, 2.05) is 0 Å². The molecule has 1 aromatic carbocycles. The number of carbonyl (C=O) groups excluding carboxylic acids is 3. The number of esters is 3. The minimum Gasteiger partial charge on any atom is -0.464 e. The van der Waals surface area contributed by atoms with Crippen LogP contribution in [0.25, 0.3) is 10.4 Å². The summed E-state index contributed by atoms with van der Waals surface area (Å²) in [7, 11) is -4.56. The summed E-state index contributed by atoms with van der Waals surface area (Å²) in [4.78, 5) is 46.9. The second-order valence-electron chi connectivity index (χ2n) is 12.8. The zero-order chi connectivity index (χ0) is 36.9. The molecule has 2 aromatic heterocycles. The Hall–Kier alpha value is -4.59. The predicted octanol–water partition coefficient (Wildman–Crippen LogP) is 3.51. The van der Waals surface area contributed by atoms with Gasteiger partial charge in [-0.05, 0) is 31.2 Å². The zero-order valence-corrected chi connectivity index (χ0v) is 29.7. The van der Waals surface area contributed by atoms with Crippen LogP contribution in [0.3, 0.4) is 0 Å². The van der Waals surface area contributed by atoms with Crippen LogP contribution < -0.4 is 15.3 Å². The lowest BCUT2D eigenvalue weighted by Crippen LogP contribution is -2.49. The molecule has 0 bridgehead atoms. The molecular weight excluding hydrogens is 687 g/mol. The summed E-state index contributed by atoms with van der Waals surface area (Å²) < 4.78 is 56.2. The molecule has 4 heterocycles. The number of hydrogen-bond acceptors (Lipinski definition) is 14. The monoisotopic (exact) mass is 728 g/mol. The van der Waals surface area contributed by atoms with Crippen molar-refractivity contribution >= 4 is 37.0 Å². The lowest BCUT2D eigenvalue weighted by molar-refractivity contribution is -0.174. The Labute approximate surface area is 294 Å². The lowest BCUT2D eigenvalue weighted by atomic mass is 10.0. The Balaban J connectivity index is 1.52. The summed E-state index contributed by atoms with van der Waals surface area (Å²) in [5.41, 5.74) is 4.47. The van der Waals surface area contributed by atoms with Gasteiger partial charge < -0.3 is 29.2 Å². The SMILES string of the molecule is [C-]#[N+][C@]1(CO[P@@](=O)(N[C@@H](C)C(=O)OCC2COC2)Oc2ccccc2)O[C@@H](c2ccc3c(N)ncnn23)[C@H](OC(=O)C(C)C)[C@@H]1OC(=O)C(C)C. The van der Waals surface area contributed by atoms with Crippen molar-refractivity contribution in [2.45, 2.75) is 64.7 Å². The Kier molecular flexibility index (Phi) is 11.6. The van der Waals surface area contributed by atoms with Crippen LogP contribution in [0, 0.1) is 24.3 Å². The minimum atomic E-state index is -4.56. The molecule has 0 aliphatic carbocycles. The second kappa shape index (κ2) is 15.7. The number of fused-ring (bicyclic) bond motifs is 1. The van der Waals surface area contributed by atoms with Gasteiger partial charge in [-0.1, -0.05) is 45.9 Å². The molecule has 51 heavy (non-hydrogen) atoms. The molecule has 2 aliphatic heterocycles. The molecule has 0 saturated carbocycles.